The third-order valence-corrected chi connectivity index (χ3v) is 17.4. The summed E-state index contributed by atoms with van der Waals surface area (Å²) >= 11 is 0. The standard InChI is InChI=1S/C87H58N4/c1-8-23-58(24-9-1)64-41-45-68(46-42-64)85-89-86(77-50-71(59-25-10-2-11-26-59)48-72(51-77)60-27-12-3-13-28-60)91-87(90-85)78-52-73(61-29-14-4-15-30-61)49-74(53-78)70-38-22-37-69(47-70)65-39-43-67(44-40-65)80-55-76(63-33-18-6-19-34-63)57-82-81-56-75(62-31-16-5-17-32-62)54-79(83(81)88-84(80)82)66-35-20-7-21-36-66/h1-57,88H. The van der Waals surface area contributed by atoms with Crippen molar-refractivity contribution < 1.29 is 0 Å². The maximum absolute atomic E-state index is 5.47. The first kappa shape index (κ1) is 54.3. The lowest BCUT2D eigenvalue weighted by Crippen LogP contribution is -2.01. The maximum Gasteiger partial charge on any atom is 0.164 e. The molecule has 2 aromatic heterocycles. The molecule has 0 aliphatic rings. The van der Waals surface area contributed by atoms with E-state index in [-0.39, 0.29) is 0 Å². The molecule has 16 aromatic rings. The van der Waals surface area contributed by atoms with E-state index in [1.165, 1.54) is 44.2 Å². The highest BCUT2D eigenvalue weighted by atomic mass is 15.0. The van der Waals surface area contributed by atoms with Gasteiger partial charge in [0.15, 0.2) is 17.5 Å². The molecule has 0 unspecified atom stereocenters. The number of nitrogens with one attached hydrogen (secondary N) is 1. The van der Waals surface area contributed by atoms with Crippen LogP contribution in [0.2, 0.25) is 0 Å². The molecule has 91 heavy (non-hydrogen) atoms. The Morgan fingerprint density at radius 2 is 0.374 bits per heavy atom. The molecule has 0 bridgehead atoms. The molecule has 4 nitrogen and oxygen atoms in total. The van der Waals surface area contributed by atoms with Crippen LogP contribution in [0.15, 0.2) is 346 Å². The monoisotopic (exact) mass is 1160 g/mol. The Kier molecular flexibility index (Phi) is 14.2. The first-order chi connectivity index (χ1) is 45.0. The number of fused-ring (bicyclic) bond motifs is 3. The summed E-state index contributed by atoms with van der Waals surface area (Å²) in [5, 5.41) is 2.38. The maximum atomic E-state index is 5.47. The zero-order valence-corrected chi connectivity index (χ0v) is 49.8. The van der Waals surface area contributed by atoms with Crippen molar-refractivity contribution in [1.29, 1.82) is 0 Å². The minimum absolute atomic E-state index is 0.581. The molecule has 2 heterocycles. The van der Waals surface area contributed by atoms with E-state index < -0.39 is 0 Å². The quantitative estimate of drug-likeness (QED) is 0.125. The molecule has 0 spiro atoms. The summed E-state index contributed by atoms with van der Waals surface area (Å²) in [5.74, 6) is 1.76. The SMILES string of the molecule is c1ccc(-c2ccc(-c3nc(-c4cc(-c5ccccc5)cc(-c5ccccc5)c4)nc(-c4cc(-c5ccccc5)cc(-c5cccc(-c6ccc(-c7cc(-c8ccccc8)cc8c7[nH]c7c(-c9ccccc9)cc(-c9ccccc9)cc78)cc6)c5)c4)n3)cc2)cc1. The lowest BCUT2D eigenvalue weighted by molar-refractivity contribution is 1.07. The Bertz CT molecular complexity index is 5210. The third kappa shape index (κ3) is 11.0. The summed E-state index contributed by atoms with van der Waals surface area (Å²) in [4.78, 5) is 20.2. The molecule has 0 aliphatic carbocycles. The highest BCUT2D eigenvalue weighted by Crippen LogP contribution is 2.44. The number of rotatable bonds is 13. The van der Waals surface area contributed by atoms with E-state index in [0.717, 1.165) is 106 Å². The second kappa shape index (κ2) is 23.9. The van der Waals surface area contributed by atoms with Crippen molar-refractivity contribution in [2.75, 3.05) is 0 Å². The number of aromatic nitrogens is 4. The number of H-pyrrole nitrogens is 1. The average Bonchev–Trinajstić information content (AvgIpc) is 1.66. The van der Waals surface area contributed by atoms with Crippen LogP contribution in [-0.2, 0) is 0 Å². The van der Waals surface area contributed by atoms with Crippen molar-refractivity contribution in [1.82, 2.24) is 19.9 Å². The van der Waals surface area contributed by atoms with E-state index in [2.05, 4.69) is 345 Å². The molecule has 0 aliphatic heterocycles. The van der Waals surface area contributed by atoms with Crippen LogP contribution in [0.5, 0.6) is 0 Å². The van der Waals surface area contributed by atoms with Gasteiger partial charge in [0.2, 0.25) is 0 Å². The van der Waals surface area contributed by atoms with E-state index in [1.807, 2.05) is 6.07 Å². The van der Waals surface area contributed by atoms with Crippen molar-refractivity contribution in [2.24, 2.45) is 0 Å². The van der Waals surface area contributed by atoms with Gasteiger partial charge in [0.25, 0.3) is 0 Å². The van der Waals surface area contributed by atoms with Crippen molar-refractivity contribution in [3.05, 3.63) is 346 Å². The summed E-state index contributed by atoms with van der Waals surface area (Å²) in [6.07, 6.45) is 0. The minimum Gasteiger partial charge on any atom is -0.353 e. The summed E-state index contributed by atoms with van der Waals surface area (Å²) in [7, 11) is 0. The van der Waals surface area contributed by atoms with E-state index >= 15 is 0 Å². The van der Waals surface area contributed by atoms with Gasteiger partial charge in [0.05, 0.1) is 11.0 Å². The largest absolute Gasteiger partial charge is 0.353 e. The lowest BCUT2D eigenvalue weighted by Gasteiger charge is -2.14. The van der Waals surface area contributed by atoms with Crippen molar-refractivity contribution in [3.63, 3.8) is 0 Å². The fraction of sp³-hybridized carbons (Fsp3) is 0. The van der Waals surface area contributed by atoms with Crippen molar-refractivity contribution in [3.8, 4) is 145 Å². The first-order valence-corrected chi connectivity index (χ1v) is 31.0. The van der Waals surface area contributed by atoms with Crippen LogP contribution in [0.1, 0.15) is 0 Å². The average molecular weight is 1160 g/mol. The number of hydrogen-bond donors (Lipinski definition) is 1. The molecule has 16 rings (SSSR count). The summed E-state index contributed by atoms with van der Waals surface area (Å²) in [6.45, 7) is 0. The molecule has 0 fully saturated rings. The van der Waals surface area contributed by atoms with Gasteiger partial charge in [-0.15, -0.1) is 0 Å². The third-order valence-electron chi connectivity index (χ3n) is 17.4. The van der Waals surface area contributed by atoms with E-state index in [9.17, 15) is 0 Å². The van der Waals surface area contributed by atoms with Crippen LogP contribution in [0.3, 0.4) is 0 Å². The fourth-order valence-corrected chi connectivity index (χ4v) is 12.8. The first-order valence-electron chi connectivity index (χ1n) is 31.0. The highest BCUT2D eigenvalue weighted by Gasteiger charge is 2.21. The van der Waals surface area contributed by atoms with Gasteiger partial charge in [0, 0.05) is 38.6 Å². The van der Waals surface area contributed by atoms with Gasteiger partial charge in [0.1, 0.15) is 0 Å². The molecule has 0 saturated carbocycles. The predicted molar refractivity (Wildman–Crippen MR) is 380 cm³/mol. The molecular weight excluding hydrogens is 1100 g/mol. The van der Waals surface area contributed by atoms with E-state index in [0.29, 0.717) is 17.5 Å². The second-order valence-corrected chi connectivity index (χ2v) is 23.2. The molecule has 4 heteroatoms. The van der Waals surface area contributed by atoms with Gasteiger partial charge < -0.3 is 4.98 Å². The highest BCUT2D eigenvalue weighted by molar-refractivity contribution is 6.18. The lowest BCUT2D eigenvalue weighted by atomic mass is 9.92. The molecular formula is C87H58N4. The van der Waals surface area contributed by atoms with Crippen LogP contribution < -0.4 is 0 Å². The van der Waals surface area contributed by atoms with Gasteiger partial charge in [-0.25, -0.2) is 15.0 Å². The molecule has 14 aromatic carbocycles. The number of hydrogen-bond acceptors (Lipinski definition) is 3. The van der Waals surface area contributed by atoms with Crippen LogP contribution in [0.4, 0.5) is 0 Å². The van der Waals surface area contributed by atoms with E-state index in [4.69, 9.17) is 15.0 Å². The van der Waals surface area contributed by atoms with Crippen LogP contribution in [0, 0.1) is 0 Å². The van der Waals surface area contributed by atoms with Crippen LogP contribution in [-0.4, -0.2) is 19.9 Å². The van der Waals surface area contributed by atoms with Crippen LogP contribution in [0.25, 0.3) is 167 Å². The fourth-order valence-electron chi connectivity index (χ4n) is 12.8. The molecule has 0 atom stereocenters. The molecule has 1 N–H and O–H groups in total. The Balaban J connectivity index is 0.816. The van der Waals surface area contributed by atoms with Gasteiger partial charge >= 0.3 is 0 Å². The Morgan fingerprint density at radius 1 is 0.154 bits per heavy atom. The van der Waals surface area contributed by atoms with E-state index in [1.54, 1.807) is 0 Å². The number of nitrogens with zero attached hydrogens (tertiary/aromatic N) is 3. The second-order valence-electron chi connectivity index (χ2n) is 23.2. The van der Waals surface area contributed by atoms with Crippen molar-refractivity contribution >= 4 is 21.8 Å². The number of aromatic amines is 1. The Hall–Kier alpha value is -12.1. The Labute approximate surface area is 529 Å². The minimum atomic E-state index is 0.581. The molecule has 0 saturated heterocycles. The topological polar surface area (TPSA) is 54.5 Å². The van der Waals surface area contributed by atoms with Gasteiger partial charge in [-0.2, -0.15) is 0 Å². The smallest absolute Gasteiger partial charge is 0.164 e. The number of benzene rings is 14. The predicted octanol–water partition coefficient (Wildman–Crippen LogP) is 23.2. The summed E-state index contributed by atoms with van der Waals surface area (Å²) in [6, 6.07) is 124. The molecule has 426 valence electrons. The van der Waals surface area contributed by atoms with Gasteiger partial charge in [-0.3, -0.25) is 0 Å². The molecule has 0 radical (unpaired) electrons. The van der Waals surface area contributed by atoms with Crippen LogP contribution >= 0.6 is 0 Å². The van der Waals surface area contributed by atoms with Gasteiger partial charge in [-0.1, -0.05) is 279 Å². The van der Waals surface area contributed by atoms with Crippen molar-refractivity contribution in [2.45, 2.75) is 0 Å². The zero-order chi connectivity index (χ0) is 60.5. The zero-order valence-electron chi connectivity index (χ0n) is 49.8. The Morgan fingerprint density at radius 3 is 0.747 bits per heavy atom. The normalized spacial score (nSPS) is 11.3. The summed E-state index contributed by atoms with van der Waals surface area (Å²) in [5.41, 5.74) is 27.4. The summed E-state index contributed by atoms with van der Waals surface area (Å²) < 4.78 is 0. The van der Waals surface area contributed by atoms with Gasteiger partial charge in [-0.05, 0) is 167 Å². The molecule has 0 amide bonds.